The first kappa shape index (κ1) is 14.1. The van der Waals surface area contributed by atoms with Crippen LogP contribution < -0.4 is 4.74 Å². The molecule has 1 heterocycles. The number of ether oxygens (including phenoxy) is 1. The molecule has 0 bridgehead atoms. The van der Waals surface area contributed by atoms with E-state index < -0.39 is 0 Å². The third-order valence-corrected chi connectivity index (χ3v) is 3.76. The summed E-state index contributed by atoms with van der Waals surface area (Å²) in [6, 6.07) is 8.87. The van der Waals surface area contributed by atoms with Crippen molar-refractivity contribution < 1.29 is 9.15 Å². The van der Waals surface area contributed by atoms with Crippen molar-refractivity contribution >= 4 is 0 Å². The molecule has 0 atom stereocenters. The van der Waals surface area contributed by atoms with E-state index in [1.165, 1.54) is 18.4 Å². The monoisotopic (exact) mass is 287 g/mol. The fourth-order valence-corrected chi connectivity index (χ4v) is 2.39. The average Bonchev–Trinajstić information content (AvgIpc) is 3.27. The van der Waals surface area contributed by atoms with Gasteiger partial charge in [-0.25, -0.2) is 0 Å². The lowest BCUT2D eigenvalue weighted by Crippen LogP contribution is -2.25. The molecule has 5 heteroatoms. The summed E-state index contributed by atoms with van der Waals surface area (Å²) in [5.74, 6) is 2.32. The zero-order chi connectivity index (χ0) is 14.7. The second kappa shape index (κ2) is 6.26. The van der Waals surface area contributed by atoms with Gasteiger partial charge in [0.1, 0.15) is 5.75 Å². The lowest BCUT2D eigenvalue weighted by atomic mass is 10.2. The average molecular weight is 287 g/mol. The molecule has 1 aromatic carbocycles. The number of methoxy groups -OCH3 is 1. The summed E-state index contributed by atoms with van der Waals surface area (Å²) in [5, 5.41) is 8.16. The molecule has 3 rings (SSSR count). The first-order valence-electron chi connectivity index (χ1n) is 7.46. The Hall–Kier alpha value is -1.88. The number of aryl methyl sites for hydroxylation is 1. The Bertz CT molecular complexity index is 575. The molecule has 0 saturated heterocycles. The molecule has 0 amide bonds. The maximum atomic E-state index is 5.63. The lowest BCUT2D eigenvalue weighted by molar-refractivity contribution is 0.218. The molecule has 1 saturated carbocycles. The van der Waals surface area contributed by atoms with Gasteiger partial charge in [0.2, 0.25) is 11.8 Å². The number of aromatic nitrogens is 2. The van der Waals surface area contributed by atoms with Crippen LogP contribution in [0.25, 0.3) is 0 Å². The van der Waals surface area contributed by atoms with E-state index >= 15 is 0 Å². The summed E-state index contributed by atoms with van der Waals surface area (Å²) in [7, 11) is 1.69. The van der Waals surface area contributed by atoms with E-state index in [4.69, 9.17) is 9.15 Å². The van der Waals surface area contributed by atoms with Crippen molar-refractivity contribution in [1.29, 1.82) is 0 Å². The van der Waals surface area contributed by atoms with E-state index in [9.17, 15) is 0 Å². The fraction of sp³-hybridized carbons (Fsp3) is 0.500. The van der Waals surface area contributed by atoms with Gasteiger partial charge in [-0.3, -0.25) is 4.90 Å². The first-order chi connectivity index (χ1) is 10.3. The molecular formula is C16H21N3O2. The predicted octanol–water partition coefficient (Wildman–Crippen LogP) is 2.81. The van der Waals surface area contributed by atoms with E-state index in [1.807, 2.05) is 19.1 Å². The molecule has 0 aliphatic heterocycles. The van der Waals surface area contributed by atoms with Crippen LogP contribution in [-0.4, -0.2) is 28.2 Å². The smallest absolute Gasteiger partial charge is 0.230 e. The molecule has 5 nitrogen and oxygen atoms in total. The van der Waals surface area contributed by atoms with Gasteiger partial charge >= 0.3 is 0 Å². The second-order valence-electron chi connectivity index (χ2n) is 5.43. The van der Waals surface area contributed by atoms with Gasteiger partial charge in [0, 0.05) is 19.0 Å². The third kappa shape index (κ3) is 3.61. The molecular weight excluding hydrogens is 266 g/mol. The highest BCUT2D eigenvalue weighted by Crippen LogP contribution is 2.30. The third-order valence-electron chi connectivity index (χ3n) is 3.76. The molecule has 1 fully saturated rings. The van der Waals surface area contributed by atoms with Crippen LogP contribution in [0.15, 0.2) is 28.7 Å². The molecule has 1 aliphatic rings. The van der Waals surface area contributed by atoms with Crippen LogP contribution >= 0.6 is 0 Å². The topological polar surface area (TPSA) is 51.4 Å². The van der Waals surface area contributed by atoms with Crippen LogP contribution in [0.2, 0.25) is 0 Å². The van der Waals surface area contributed by atoms with E-state index in [1.54, 1.807) is 7.11 Å². The largest absolute Gasteiger partial charge is 0.497 e. The van der Waals surface area contributed by atoms with Crippen molar-refractivity contribution in [2.75, 3.05) is 7.11 Å². The maximum Gasteiger partial charge on any atom is 0.230 e. The van der Waals surface area contributed by atoms with Crippen molar-refractivity contribution in [3.05, 3.63) is 41.6 Å². The molecule has 112 valence electrons. The van der Waals surface area contributed by atoms with Gasteiger partial charge in [-0.2, -0.15) is 0 Å². The zero-order valence-corrected chi connectivity index (χ0v) is 12.6. The highest BCUT2D eigenvalue weighted by Gasteiger charge is 2.30. The lowest BCUT2D eigenvalue weighted by Gasteiger charge is -2.20. The highest BCUT2D eigenvalue weighted by atomic mass is 16.5. The van der Waals surface area contributed by atoms with Gasteiger partial charge in [-0.15, -0.1) is 10.2 Å². The first-order valence-corrected chi connectivity index (χ1v) is 7.46. The molecule has 0 radical (unpaired) electrons. The summed E-state index contributed by atoms with van der Waals surface area (Å²) in [5.41, 5.74) is 1.28. The number of hydrogen-bond donors (Lipinski definition) is 0. The molecule has 0 spiro atoms. The van der Waals surface area contributed by atoms with Gasteiger partial charge in [-0.05, 0) is 30.5 Å². The Labute approximate surface area is 124 Å². The molecule has 1 aromatic heterocycles. The highest BCUT2D eigenvalue weighted by molar-refractivity contribution is 5.27. The van der Waals surface area contributed by atoms with Crippen LogP contribution in [0.4, 0.5) is 0 Å². The Kier molecular flexibility index (Phi) is 4.20. The van der Waals surface area contributed by atoms with E-state index in [2.05, 4.69) is 27.2 Å². The van der Waals surface area contributed by atoms with Crippen LogP contribution in [0.1, 0.15) is 37.1 Å². The van der Waals surface area contributed by atoms with Gasteiger partial charge < -0.3 is 9.15 Å². The summed E-state index contributed by atoms with van der Waals surface area (Å²) < 4.78 is 10.8. The molecule has 1 aliphatic carbocycles. The van der Waals surface area contributed by atoms with E-state index in [0.29, 0.717) is 17.8 Å². The Morgan fingerprint density at radius 3 is 2.43 bits per heavy atom. The SMILES string of the molecule is CCc1nnc(CN(Cc2ccc(OC)cc2)C2CC2)o1. The van der Waals surface area contributed by atoms with Gasteiger partial charge in [-0.1, -0.05) is 19.1 Å². The quantitative estimate of drug-likeness (QED) is 0.783. The van der Waals surface area contributed by atoms with E-state index in [-0.39, 0.29) is 0 Å². The standard InChI is InChI=1S/C16H21N3O2/c1-3-15-17-18-16(21-15)11-19(13-6-7-13)10-12-4-8-14(20-2)9-5-12/h4-5,8-9,13H,3,6-7,10-11H2,1-2H3. The van der Waals surface area contributed by atoms with Gasteiger partial charge in [0.05, 0.1) is 13.7 Å². The normalized spacial score (nSPS) is 14.6. The van der Waals surface area contributed by atoms with Crippen molar-refractivity contribution in [1.82, 2.24) is 15.1 Å². The van der Waals surface area contributed by atoms with Gasteiger partial charge in [0.25, 0.3) is 0 Å². The molecule has 21 heavy (non-hydrogen) atoms. The Balaban J connectivity index is 1.66. The fourth-order valence-electron chi connectivity index (χ4n) is 2.39. The second-order valence-corrected chi connectivity index (χ2v) is 5.43. The van der Waals surface area contributed by atoms with Crippen LogP contribution in [-0.2, 0) is 19.5 Å². The zero-order valence-electron chi connectivity index (χ0n) is 12.6. The number of rotatable bonds is 7. The molecule has 0 unspecified atom stereocenters. The predicted molar refractivity (Wildman–Crippen MR) is 78.9 cm³/mol. The minimum absolute atomic E-state index is 0.643. The molecule has 0 N–H and O–H groups in total. The van der Waals surface area contributed by atoms with Crippen LogP contribution in [0, 0.1) is 0 Å². The summed E-state index contributed by atoms with van der Waals surface area (Å²) in [4.78, 5) is 2.41. The number of benzene rings is 1. The summed E-state index contributed by atoms with van der Waals surface area (Å²) >= 11 is 0. The van der Waals surface area contributed by atoms with Crippen molar-refractivity contribution in [2.24, 2.45) is 0 Å². The van der Waals surface area contributed by atoms with Crippen molar-refractivity contribution in [2.45, 2.75) is 45.3 Å². The van der Waals surface area contributed by atoms with E-state index in [0.717, 1.165) is 25.3 Å². The van der Waals surface area contributed by atoms with Crippen molar-refractivity contribution in [3.8, 4) is 5.75 Å². The summed E-state index contributed by atoms with van der Waals surface area (Å²) in [6.45, 7) is 3.65. The molecule has 2 aromatic rings. The Morgan fingerprint density at radius 2 is 1.86 bits per heavy atom. The number of nitrogens with zero attached hydrogens (tertiary/aromatic N) is 3. The van der Waals surface area contributed by atoms with Crippen molar-refractivity contribution in [3.63, 3.8) is 0 Å². The minimum atomic E-state index is 0.643. The Morgan fingerprint density at radius 1 is 1.14 bits per heavy atom. The number of hydrogen-bond acceptors (Lipinski definition) is 5. The summed E-state index contributed by atoms with van der Waals surface area (Å²) in [6.07, 6.45) is 3.30. The van der Waals surface area contributed by atoms with Crippen LogP contribution in [0.3, 0.4) is 0 Å². The van der Waals surface area contributed by atoms with Gasteiger partial charge in [0.15, 0.2) is 0 Å². The maximum absolute atomic E-state index is 5.63. The van der Waals surface area contributed by atoms with Crippen LogP contribution in [0.5, 0.6) is 5.75 Å². The minimum Gasteiger partial charge on any atom is -0.497 e.